The Hall–Kier alpha value is -2.85. The third-order valence-electron chi connectivity index (χ3n) is 3.37. The first-order valence-electron chi connectivity index (χ1n) is 7.92. The second-order valence-electron chi connectivity index (χ2n) is 6.62. The van der Waals surface area contributed by atoms with Crippen molar-refractivity contribution in [1.82, 2.24) is 5.32 Å². The lowest BCUT2D eigenvalue weighted by Crippen LogP contribution is -2.38. The maximum Gasteiger partial charge on any atom is 0.408 e. The highest BCUT2D eigenvalue weighted by atomic mass is 32.2. The van der Waals surface area contributed by atoms with Crippen molar-refractivity contribution in [2.45, 2.75) is 36.6 Å². The predicted molar refractivity (Wildman–Crippen MR) is 96.9 cm³/mol. The summed E-state index contributed by atoms with van der Waals surface area (Å²) in [5.41, 5.74) is -0.0453. The number of hydrogen-bond acceptors (Lipinski definition) is 5. The average molecular weight is 372 g/mol. The van der Waals surface area contributed by atoms with Crippen LogP contribution in [0.2, 0.25) is 0 Å². The van der Waals surface area contributed by atoms with Crippen LogP contribution in [0.15, 0.2) is 59.5 Å². The molecule has 0 radical (unpaired) electrons. The van der Waals surface area contributed by atoms with E-state index in [2.05, 4.69) is 5.32 Å². The lowest BCUT2D eigenvalue weighted by atomic mass is 10.1. The molecule has 26 heavy (non-hydrogen) atoms. The van der Waals surface area contributed by atoms with E-state index in [4.69, 9.17) is 10.00 Å². The average Bonchev–Trinajstić information content (AvgIpc) is 2.59. The highest BCUT2D eigenvalue weighted by Crippen LogP contribution is 2.27. The van der Waals surface area contributed by atoms with Gasteiger partial charge in [-0.15, -0.1) is 0 Å². The third kappa shape index (κ3) is 4.83. The Kier molecular flexibility index (Phi) is 5.68. The molecule has 2 aromatic rings. The van der Waals surface area contributed by atoms with E-state index in [0.717, 1.165) is 0 Å². The van der Waals surface area contributed by atoms with Gasteiger partial charge in [-0.3, -0.25) is 0 Å². The summed E-state index contributed by atoms with van der Waals surface area (Å²) in [6, 6.07) is 15.8. The molecule has 0 aliphatic carbocycles. The van der Waals surface area contributed by atoms with Crippen molar-refractivity contribution in [2.75, 3.05) is 0 Å². The molecule has 136 valence electrons. The highest BCUT2D eigenvalue weighted by molar-refractivity contribution is 7.91. The standard InChI is InChI=1S/C19H20N2O4S/c1-19(2,3)25-18(22)21-17(15-11-9-14(13-20)10-12-15)26(23,24)16-7-5-4-6-8-16/h4-12,17H,1-3H3,(H,21,22). The van der Waals surface area contributed by atoms with E-state index < -0.39 is 26.9 Å². The van der Waals surface area contributed by atoms with Crippen molar-refractivity contribution in [1.29, 1.82) is 5.26 Å². The molecule has 0 aliphatic heterocycles. The maximum atomic E-state index is 13.1. The van der Waals surface area contributed by atoms with Crippen molar-refractivity contribution in [2.24, 2.45) is 0 Å². The van der Waals surface area contributed by atoms with Crippen molar-refractivity contribution < 1.29 is 17.9 Å². The van der Waals surface area contributed by atoms with Crippen molar-refractivity contribution >= 4 is 15.9 Å². The number of sulfone groups is 1. The Morgan fingerprint density at radius 1 is 1.08 bits per heavy atom. The molecule has 0 spiro atoms. The van der Waals surface area contributed by atoms with Crippen LogP contribution in [-0.2, 0) is 14.6 Å². The van der Waals surface area contributed by atoms with Crippen LogP contribution in [-0.4, -0.2) is 20.1 Å². The van der Waals surface area contributed by atoms with Gasteiger partial charge in [0.25, 0.3) is 0 Å². The molecule has 1 N–H and O–H groups in total. The fourth-order valence-electron chi connectivity index (χ4n) is 2.23. The third-order valence-corrected chi connectivity index (χ3v) is 5.31. The molecule has 7 heteroatoms. The molecular formula is C19H20N2O4S. The number of hydrogen-bond donors (Lipinski definition) is 1. The lowest BCUT2D eigenvalue weighted by molar-refractivity contribution is 0.0519. The van der Waals surface area contributed by atoms with Crippen LogP contribution in [0.1, 0.15) is 37.3 Å². The number of amides is 1. The van der Waals surface area contributed by atoms with Crippen LogP contribution < -0.4 is 5.32 Å². The van der Waals surface area contributed by atoms with Crippen molar-refractivity contribution in [3.05, 3.63) is 65.7 Å². The Labute approximate surface area is 153 Å². The monoisotopic (exact) mass is 372 g/mol. The first-order chi connectivity index (χ1) is 12.1. The van der Waals surface area contributed by atoms with E-state index in [9.17, 15) is 13.2 Å². The summed E-state index contributed by atoms with van der Waals surface area (Å²) in [6.45, 7) is 5.07. The molecule has 0 fully saturated rings. The molecular weight excluding hydrogens is 352 g/mol. The second kappa shape index (κ2) is 7.58. The molecule has 0 saturated carbocycles. The number of carbonyl (C=O) groups excluding carboxylic acids is 1. The summed E-state index contributed by atoms with van der Waals surface area (Å²) in [7, 11) is -3.92. The van der Waals surface area contributed by atoms with Crippen LogP contribution in [0, 0.1) is 11.3 Å². The minimum Gasteiger partial charge on any atom is -0.444 e. The largest absolute Gasteiger partial charge is 0.444 e. The molecule has 0 bridgehead atoms. The quantitative estimate of drug-likeness (QED) is 0.885. The molecule has 2 rings (SSSR count). The zero-order chi connectivity index (χ0) is 19.4. The van der Waals surface area contributed by atoms with Gasteiger partial charge in [0.15, 0.2) is 5.37 Å². The van der Waals surface area contributed by atoms with Gasteiger partial charge in [0, 0.05) is 0 Å². The molecule has 1 atom stereocenters. The molecule has 0 aromatic heterocycles. The lowest BCUT2D eigenvalue weighted by Gasteiger charge is -2.24. The minimum absolute atomic E-state index is 0.0745. The van der Waals surface area contributed by atoms with Crippen LogP contribution in [0.5, 0.6) is 0 Å². The van der Waals surface area contributed by atoms with Gasteiger partial charge in [0.05, 0.1) is 16.5 Å². The second-order valence-corrected chi connectivity index (χ2v) is 8.65. The molecule has 0 saturated heterocycles. The number of nitrogens with zero attached hydrogens (tertiary/aromatic N) is 1. The fraction of sp³-hybridized carbons (Fsp3) is 0.263. The molecule has 2 aromatic carbocycles. The van der Waals surface area contributed by atoms with Crippen LogP contribution in [0.25, 0.3) is 0 Å². The molecule has 0 aliphatic rings. The van der Waals surface area contributed by atoms with Gasteiger partial charge in [-0.05, 0) is 50.6 Å². The first-order valence-corrected chi connectivity index (χ1v) is 9.46. The summed E-state index contributed by atoms with van der Waals surface area (Å²) in [6.07, 6.45) is -0.841. The molecule has 0 heterocycles. The smallest absolute Gasteiger partial charge is 0.408 e. The number of alkyl carbamates (subject to hydrolysis) is 1. The number of ether oxygens (including phenoxy) is 1. The maximum absolute atomic E-state index is 13.1. The summed E-state index contributed by atoms with van der Waals surface area (Å²) < 4.78 is 31.3. The Bertz CT molecular complexity index is 909. The van der Waals surface area contributed by atoms with Gasteiger partial charge in [0.2, 0.25) is 9.84 Å². The summed E-state index contributed by atoms with van der Waals surface area (Å²) in [4.78, 5) is 12.3. The highest BCUT2D eigenvalue weighted by Gasteiger charge is 2.32. The first kappa shape index (κ1) is 19.5. The number of nitriles is 1. The number of rotatable bonds is 4. The topological polar surface area (TPSA) is 96.3 Å². The van der Waals surface area contributed by atoms with Crippen LogP contribution in [0.4, 0.5) is 4.79 Å². The molecule has 6 nitrogen and oxygen atoms in total. The van der Waals surface area contributed by atoms with E-state index in [1.807, 2.05) is 6.07 Å². The van der Waals surface area contributed by atoms with Crippen LogP contribution in [0.3, 0.4) is 0 Å². The van der Waals surface area contributed by atoms with Crippen molar-refractivity contribution in [3.8, 4) is 6.07 Å². The Morgan fingerprint density at radius 2 is 1.65 bits per heavy atom. The number of benzene rings is 2. The van der Waals surface area contributed by atoms with Gasteiger partial charge in [-0.2, -0.15) is 5.26 Å². The van der Waals surface area contributed by atoms with Crippen molar-refractivity contribution in [3.63, 3.8) is 0 Å². The van der Waals surface area contributed by atoms with Gasteiger partial charge in [-0.25, -0.2) is 13.2 Å². The predicted octanol–water partition coefficient (Wildman–Crippen LogP) is 3.56. The molecule has 1 amide bonds. The van der Waals surface area contributed by atoms with E-state index in [1.165, 1.54) is 36.4 Å². The SMILES string of the molecule is CC(C)(C)OC(=O)NC(c1ccc(C#N)cc1)S(=O)(=O)c1ccccc1. The summed E-state index contributed by atoms with van der Waals surface area (Å²) >= 11 is 0. The zero-order valence-electron chi connectivity index (χ0n) is 14.8. The van der Waals surface area contributed by atoms with Gasteiger partial charge >= 0.3 is 6.09 Å². The minimum atomic E-state index is -3.92. The van der Waals surface area contributed by atoms with E-state index in [0.29, 0.717) is 11.1 Å². The van der Waals surface area contributed by atoms with Gasteiger partial charge < -0.3 is 10.1 Å². The van der Waals surface area contributed by atoms with E-state index in [-0.39, 0.29) is 4.90 Å². The van der Waals surface area contributed by atoms with E-state index in [1.54, 1.807) is 39.0 Å². The summed E-state index contributed by atoms with van der Waals surface area (Å²) in [5.74, 6) is 0. The van der Waals surface area contributed by atoms with Gasteiger partial charge in [0.1, 0.15) is 5.60 Å². The summed E-state index contributed by atoms with van der Waals surface area (Å²) in [5, 5.41) is 10.0. The fourth-order valence-corrected chi connectivity index (χ4v) is 3.81. The Balaban J connectivity index is 2.44. The molecule has 1 unspecified atom stereocenters. The number of carbonyl (C=O) groups is 1. The number of nitrogens with one attached hydrogen (secondary N) is 1. The van der Waals surface area contributed by atoms with Crippen LogP contribution >= 0.6 is 0 Å². The Morgan fingerprint density at radius 3 is 2.15 bits per heavy atom. The van der Waals surface area contributed by atoms with E-state index >= 15 is 0 Å². The normalized spacial score (nSPS) is 12.7. The van der Waals surface area contributed by atoms with Gasteiger partial charge in [-0.1, -0.05) is 30.3 Å². The zero-order valence-corrected chi connectivity index (χ0v) is 15.6.